The molecule has 16 heteroatoms. The SMILES string of the molecule is CC(Cn1cnc2c(N)ncnc21)OCP(=O)(N[C@@H](C)c1ccc(OC(F)(F)F)cc1)NC(C)(C)C(=O)O. The summed E-state index contributed by atoms with van der Waals surface area (Å²) in [6.07, 6.45) is -2.91. The predicted molar refractivity (Wildman–Crippen MR) is 132 cm³/mol. The van der Waals surface area contributed by atoms with Crippen LogP contribution < -0.4 is 20.6 Å². The Morgan fingerprint density at radius 3 is 2.45 bits per heavy atom. The fraction of sp³-hybridized carbons (Fsp3) is 0.455. The molecule has 0 aliphatic carbocycles. The first-order valence-electron chi connectivity index (χ1n) is 11.4. The lowest BCUT2D eigenvalue weighted by Crippen LogP contribution is -2.47. The molecule has 3 aromatic rings. The molecule has 0 fully saturated rings. The number of nitrogen functional groups attached to an aromatic ring is 1. The van der Waals surface area contributed by atoms with E-state index in [1.807, 2.05) is 0 Å². The molecule has 12 nitrogen and oxygen atoms in total. The van der Waals surface area contributed by atoms with Gasteiger partial charge in [0, 0.05) is 6.04 Å². The summed E-state index contributed by atoms with van der Waals surface area (Å²) in [5.74, 6) is -1.42. The van der Waals surface area contributed by atoms with E-state index in [4.69, 9.17) is 10.5 Å². The van der Waals surface area contributed by atoms with E-state index in [0.717, 1.165) is 12.1 Å². The van der Waals surface area contributed by atoms with Gasteiger partial charge in [-0.1, -0.05) is 12.1 Å². The van der Waals surface area contributed by atoms with Gasteiger partial charge in [-0.2, -0.15) is 0 Å². The Morgan fingerprint density at radius 2 is 1.84 bits per heavy atom. The summed E-state index contributed by atoms with van der Waals surface area (Å²) < 4.78 is 62.7. The second kappa shape index (κ2) is 11.2. The van der Waals surface area contributed by atoms with Crippen molar-refractivity contribution in [2.45, 2.75) is 58.3 Å². The van der Waals surface area contributed by atoms with Gasteiger partial charge in [0.05, 0.1) is 19.0 Å². The number of fused-ring (bicyclic) bond motifs is 1. The first kappa shape index (κ1) is 29.3. The molecule has 38 heavy (non-hydrogen) atoms. The highest BCUT2D eigenvalue weighted by Gasteiger charge is 2.37. The highest BCUT2D eigenvalue weighted by Crippen LogP contribution is 2.42. The molecule has 0 aliphatic heterocycles. The van der Waals surface area contributed by atoms with Gasteiger partial charge < -0.3 is 24.9 Å². The third-order valence-electron chi connectivity index (χ3n) is 5.43. The monoisotopic (exact) mass is 559 g/mol. The first-order chi connectivity index (χ1) is 17.6. The molecule has 0 aliphatic rings. The van der Waals surface area contributed by atoms with Crippen molar-refractivity contribution in [2.75, 3.05) is 12.1 Å². The lowest BCUT2D eigenvalue weighted by atomic mass is 10.1. The second-order valence-corrected chi connectivity index (χ2v) is 11.4. The van der Waals surface area contributed by atoms with Gasteiger partial charge in [-0.15, -0.1) is 13.2 Å². The van der Waals surface area contributed by atoms with Crippen LogP contribution in [0.25, 0.3) is 11.2 Å². The summed E-state index contributed by atoms with van der Waals surface area (Å²) in [6, 6.07) is 4.36. The van der Waals surface area contributed by atoms with Gasteiger partial charge in [-0.25, -0.2) is 25.1 Å². The van der Waals surface area contributed by atoms with Gasteiger partial charge >= 0.3 is 12.3 Å². The van der Waals surface area contributed by atoms with Crippen molar-refractivity contribution in [1.29, 1.82) is 0 Å². The van der Waals surface area contributed by atoms with E-state index in [0.29, 0.717) is 16.7 Å². The number of carboxylic acid groups (broad SMARTS) is 1. The number of imidazole rings is 1. The summed E-state index contributed by atoms with van der Waals surface area (Å²) in [5.41, 5.74) is 5.63. The minimum absolute atomic E-state index is 0.225. The number of benzene rings is 1. The summed E-state index contributed by atoms with van der Waals surface area (Å²) in [5, 5.41) is 15.1. The van der Waals surface area contributed by atoms with Crippen LogP contribution in [0, 0.1) is 0 Å². The fourth-order valence-corrected chi connectivity index (χ4v) is 5.98. The van der Waals surface area contributed by atoms with Crippen molar-refractivity contribution in [3.63, 3.8) is 0 Å². The van der Waals surface area contributed by atoms with Crippen molar-refractivity contribution < 1.29 is 37.1 Å². The van der Waals surface area contributed by atoms with E-state index in [1.54, 1.807) is 18.4 Å². The molecular formula is C22H29F3N7O5P. The molecule has 2 unspecified atom stereocenters. The van der Waals surface area contributed by atoms with Gasteiger partial charge in [0.25, 0.3) is 0 Å². The van der Waals surface area contributed by atoms with Crippen LogP contribution in [0.5, 0.6) is 5.75 Å². The standard InChI is InChI=1S/C22H29F3N7O5P/c1-13(9-32-11-29-17-18(26)27-10-28-19(17)32)36-12-38(35,31-21(3,4)20(33)34)30-14(2)15-5-7-16(8-6-15)37-22(23,24)25/h5-8,10-11,13-14H,9,12H2,1-4H3,(H,33,34)(H2,26,27,28)(H2,30,31,35)/t13?,14-,38?/m0/s1. The summed E-state index contributed by atoms with van der Waals surface area (Å²) in [4.78, 5) is 24.0. The van der Waals surface area contributed by atoms with Crippen LogP contribution in [0.15, 0.2) is 36.9 Å². The number of hydrogen-bond donors (Lipinski definition) is 4. The molecule has 1 aromatic carbocycles. The molecule has 2 heterocycles. The second-order valence-electron chi connectivity index (χ2n) is 9.18. The average Bonchev–Trinajstić information content (AvgIpc) is 3.20. The number of alkyl halides is 3. The highest BCUT2D eigenvalue weighted by atomic mass is 31.2. The fourth-order valence-electron chi connectivity index (χ4n) is 3.54. The number of carboxylic acids is 1. The van der Waals surface area contributed by atoms with E-state index in [2.05, 4.69) is 29.9 Å². The number of rotatable bonds is 12. The van der Waals surface area contributed by atoms with Crippen molar-refractivity contribution in [3.05, 3.63) is 42.5 Å². The van der Waals surface area contributed by atoms with E-state index in [9.17, 15) is 27.6 Å². The molecular weight excluding hydrogens is 530 g/mol. The number of nitrogens with zero attached hydrogens (tertiary/aromatic N) is 4. The van der Waals surface area contributed by atoms with Gasteiger partial charge in [0.1, 0.15) is 29.5 Å². The van der Waals surface area contributed by atoms with E-state index < -0.39 is 49.6 Å². The molecule has 0 radical (unpaired) electrons. The molecule has 0 amide bonds. The van der Waals surface area contributed by atoms with Gasteiger partial charge in [-0.3, -0.25) is 9.36 Å². The molecule has 208 valence electrons. The van der Waals surface area contributed by atoms with Gasteiger partial charge in [0.2, 0.25) is 7.44 Å². The number of nitrogens with one attached hydrogen (secondary N) is 2. The maximum absolute atomic E-state index is 13.9. The number of halogens is 3. The average molecular weight is 559 g/mol. The van der Waals surface area contributed by atoms with Crippen LogP contribution in [-0.2, 0) is 20.6 Å². The predicted octanol–water partition coefficient (Wildman–Crippen LogP) is 3.67. The number of aromatic nitrogens is 4. The van der Waals surface area contributed by atoms with Crippen LogP contribution in [-0.4, -0.2) is 54.9 Å². The number of carbonyl (C=O) groups is 1. The van der Waals surface area contributed by atoms with Crippen LogP contribution in [0.2, 0.25) is 0 Å². The maximum Gasteiger partial charge on any atom is 0.573 e. The highest BCUT2D eigenvalue weighted by molar-refractivity contribution is 7.59. The molecule has 5 N–H and O–H groups in total. The quantitative estimate of drug-likeness (QED) is 0.239. The Hall–Kier alpha value is -3.26. The topological polar surface area (TPSA) is 167 Å². The number of hydrogen-bond acceptors (Lipinski definition) is 8. The van der Waals surface area contributed by atoms with Crippen molar-refractivity contribution in [2.24, 2.45) is 0 Å². The molecule has 3 rings (SSSR count). The van der Waals surface area contributed by atoms with Gasteiger partial charge in [-0.05, 0) is 45.4 Å². The zero-order valence-electron chi connectivity index (χ0n) is 21.1. The third-order valence-corrected chi connectivity index (χ3v) is 7.67. The minimum Gasteiger partial charge on any atom is -0.480 e. The normalized spacial score (nSPS) is 15.7. The lowest BCUT2D eigenvalue weighted by Gasteiger charge is -2.32. The summed E-state index contributed by atoms with van der Waals surface area (Å²) in [6.45, 7) is 6.33. The lowest BCUT2D eigenvalue weighted by molar-refractivity contribution is -0.274. The van der Waals surface area contributed by atoms with Crippen LogP contribution in [0.3, 0.4) is 0 Å². The van der Waals surface area contributed by atoms with Crippen molar-refractivity contribution >= 4 is 30.4 Å². The largest absolute Gasteiger partial charge is 0.573 e. The van der Waals surface area contributed by atoms with Crippen LogP contribution in [0.1, 0.15) is 39.3 Å². The Labute approximate surface area is 216 Å². The van der Waals surface area contributed by atoms with Gasteiger partial charge in [0.15, 0.2) is 11.5 Å². The number of aliphatic carboxylic acids is 1. The Balaban J connectivity index is 1.73. The molecule has 2 aromatic heterocycles. The number of nitrogens with two attached hydrogens (primary N) is 1. The maximum atomic E-state index is 13.9. The summed E-state index contributed by atoms with van der Waals surface area (Å²) >= 11 is 0. The van der Waals surface area contributed by atoms with Crippen molar-refractivity contribution in [1.82, 2.24) is 29.7 Å². The van der Waals surface area contributed by atoms with Crippen LogP contribution in [0.4, 0.5) is 19.0 Å². The van der Waals surface area contributed by atoms with Crippen LogP contribution >= 0.6 is 7.44 Å². The Morgan fingerprint density at radius 1 is 1.18 bits per heavy atom. The Bertz CT molecular complexity index is 1320. The molecule has 0 bridgehead atoms. The zero-order chi connectivity index (χ0) is 28.3. The summed E-state index contributed by atoms with van der Waals surface area (Å²) in [7, 11) is -3.75. The third kappa shape index (κ3) is 7.63. The Kier molecular flexibility index (Phi) is 8.66. The van der Waals surface area contributed by atoms with E-state index in [1.165, 1.54) is 38.6 Å². The molecule has 0 saturated heterocycles. The van der Waals surface area contributed by atoms with E-state index in [-0.39, 0.29) is 12.4 Å². The first-order valence-corrected chi connectivity index (χ1v) is 13.3. The van der Waals surface area contributed by atoms with E-state index >= 15 is 0 Å². The molecule has 0 spiro atoms. The molecule has 0 saturated carbocycles. The van der Waals surface area contributed by atoms with Crippen molar-refractivity contribution in [3.8, 4) is 5.75 Å². The minimum atomic E-state index is -4.83. The smallest absolute Gasteiger partial charge is 0.480 e. The number of anilines is 1. The zero-order valence-corrected chi connectivity index (χ0v) is 22.0. The number of ether oxygens (including phenoxy) is 2. The molecule has 3 atom stereocenters.